The highest BCUT2D eigenvalue weighted by Crippen LogP contribution is 2.22. The van der Waals surface area contributed by atoms with Crippen LogP contribution in [-0.4, -0.2) is 39.9 Å². The molecule has 0 aliphatic carbocycles. The van der Waals surface area contributed by atoms with Crippen molar-refractivity contribution in [2.24, 2.45) is 0 Å². The van der Waals surface area contributed by atoms with Crippen molar-refractivity contribution in [1.29, 1.82) is 0 Å². The molecule has 0 spiro atoms. The number of carboxylic acid groups (broad SMARTS) is 1. The van der Waals surface area contributed by atoms with E-state index in [2.05, 4.69) is 0 Å². The van der Waals surface area contributed by atoms with Gasteiger partial charge in [0.05, 0.1) is 16.6 Å². The van der Waals surface area contributed by atoms with E-state index in [1.165, 1.54) is 6.92 Å². The van der Waals surface area contributed by atoms with Gasteiger partial charge in [0, 0.05) is 7.05 Å². The standard InChI is InChI=1S/C11H10F2N2O5/c1-5(11(17)18)14(2)10(16)6-3-8(13)9(15(19)20)4-7(6)12/h3-5H,1-2H3,(H,17,18). The van der Waals surface area contributed by atoms with E-state index in [-0.39, 0.29) is 6.07 Å². The molecular formula is C11H10F2N2O5. The van der Waals surface area contributed by atoms with Crippen molar-refractivity contribution in [3.05, 3.63) is 39.4 Å². The van der Waals surface area contributed by atoms with Crippen molar-refractivity contribution in [3.8, 4) is 0 Å². The summed E-state index contributed by atoms with van der Waals surface area (Å²) in [6.07, 6.45) is 0. The third kappa shape index (κ3) is 2.87. The van der Waals surface area contributed by atoms with E-state index in [9.17, 15) is 28.5 Å². The number of hydrogen-bond donors (Lipinski definition) is 1. The molecule has 0 radical (unpaired) electrons. The highest BCUT2D eigenvalue weighted by atomic mass is 19.1. The Hall–Kier alpha value is -2.58. The van der Waals surface area contributed by atoms with E-state index in [1.54, 1.807) is 0 Å². The van der Waals surface area contributed by atoms with Crippen molar-refractivity contribution < 1.29 is 28.4 Å². The van der Waals surface area contributed by atoms with Gasteiger partial charge in [0.2, 0.25) is 5.82 Å². The normalized spacial score (nSPS) is 11.8. The van der Waals surface area contributed by atoms with Crippen LogP contribution < -0.4 is 0 Å². The van der Waals surface area contributed by atoms with Gasteiger partial charge in [-0.1, -0.05) is 0 Å². The van der Waals surface area contributed by atoms with Gasteiger partial charge in [0.25, 0.3) is 5.91 Å². The molecule has 0 bridgehead atoms. The zero-order valence-corrected chi connectivity index (χ0v) is 10.5. The second kappa shape index (κ2) is 5.59. The number of hydrogen-bond acceptors (Lipinski definition) is 4. The van der Waals surface area contributed by atoms with E-state index in [1.807, 2.05) is 0 Å². The quantitative estimate of drug-likeness (QED) is 0.667. The first-order chi connectivity index (χ1) is 9.16. The average molecular weight is 288 g/mol. The van der Waals surface area contributed by atoms with Crippen LogP contribution in [-0.2, 0) is 4.79 Å². The lowest BCUT2D eigenvalue weighted by Gasteiger charge is -2.21. The molecule has 1 atom stereocenters. The predicted molar refractivity (Wildman–Crippen MR) is 62.2 cm³/mol. The number of benzene rings is 1. The Balaban J connectivity index is 3.21. The van der Waals surface area contributed by atoms with Crippen molar-refractivity contribution >= 4 is 17.6 Å². The maximum absolute atomic E-state index is 13.6. The third-order valence-corrected chi connectivity index (χ3v) is 2.72. The Morgan fingerprint density at radius 2 is 1.90 bits per heavy atom. The monoisotopic (exact) mass is 288 g/mol. The predicted octanol–water partition coefficient (Wildman–Crippen LogP) is 1.42. The highest BCUT2D eigenvalue weighted by Gasteiger charge is 2.27. The van der Waals surface area contributed by atoms with Crippen LogP contribution in [0.4, 0.5) is 14.5 Å². The molecule has 7 nitrogen and oxygen atoms in total. The summed E-state index contributed by atoms with van der Waals surface area (Å²) in [5, 5.41) is 19.2. The SMILES string of the molecule is CC(C(=O)O)N(C)C(=O)c1cc(F)c([N+](=O)[O-])cc1F. The summed E-state index contributed by atoms with van der Waals surface area (Å²) in [4.78, 5) is 32.5. The van der Waals surface area contributed by atoms with Crippen molar-refractivity contribution in [2.45, 2.75) is 13.0 Å². The number of halogens is 2. The Kier molecular flexibility index (Phi) is 4.33. The molecule has 108 valence electrons. The Morgan fingerprint density at radius 1 is 1.35 bits per heavy atom. The fraction of sp³-hybridized carbons (Fsp3) is 0.273. The topological polar surface area (TPSA) is 101 Å². The van der Waals surface area contributed by atoms with Crippen LogP contribution in [0.2, 0.25) is 0 Å². The first-order valence-electron chi connectivity index (χ1n) is 5.30. The minimum absolute atomic E-state index is 0.280. The molecule has 9 heteroatoms. The molecule has 0 aromatic heterocycles. The number of likely N-dealkylation sites (N-methyl/N-ethyl adjacent to an activating group) is 1. The van der Waals surface area contributed by atoms with Crippen LogP contribution in [0.5, 0.6) is 0 Å². The molecule has 1 unspecified atom stereocenters. The summed E-state index contributed by atoms with van der Waals surface area (Å²) in [5.41, 5.74) is -1.88. The van der Waals surface area contributed by atoms with Gasteiger partial charge in [-0.2, -0.15) is 4.39 Å². The smallest absolute Gasteiger partial charge is 0.326 e. The molecule has 1 aromatic carbocycles. The number of carboxylic acids is 1. The first-order valence-corrected chi connectivity index (χ1v) is 5.30. The van der Waals surface area contributed by atoms with E-state index in [0.717, 1.165) is 7.05 Å². The zero-order chi connectivity index (χ0) is 15.6. The molecular weight excluding hydrogens is 278 g/mol. The number of carbonyl (C=O) groups is 2. The van der Waals surface area contributed by atoms with Gasteiger partial charge in [-0.15, -0.1) is 0 Å². The molecule has 1 N–H and O–H groups in total. The fourth-order valence-electron chi connectivity index (χ4n) is 1.37. The number of nitro benzene ring substituents is 1. The number of nitro groups is 1. The lowest BCUT2D eigenvalue weighted by Crippen LogP contribution is -2.40. The summed E-state index contributed by atoms with van der Waals surface area (Å²) < 4.78 is 27.0. The van der Waals surface area contributed by atoms with Gasteiger partial charge in [0.1, 0.15) is 11.9 Å². The summed E-state index contributed by atoms with van der Waals surface area (Å²) in [6.45, 7) is 1.18. The molecule has 0 saturated heterocycles. The minimum Gasteiger partial charge on any atom is -0.480 e. The molecule has 0 saturated carbocycles. The van der Waals surface area contributed by atoms with E-state index < -0.39 is 45.7 Å². The van der Waals surface area contributed by atoms with Crippen molar-refractivity contribution in [1.82, 2.24) is 4.90 Å². The summed E-state index contributed by atoms with van der Waals surface area (Å²) in [5.74, 6) is -5.10. The van der Waals surface area contributed by atoms with Gasteiger partial charge in [-0.25, -0.2) is 9.18 Å². The molecule has 1 aromatic rings. The molecule has 1 amide bonds. The van der Waals surface area contributed by atoms with Crippen LogP contribution in [0.15, 0.2) is 12.1 Å². The fourth-order valence-corrected chi connectivity index (χ4v) is 1.37. The number of aliphatic carboxylic acids is 1. The second-order valence-corrected chi connectivity index (χ2v) is 3.97. The van der Waals surface area contributed by atoms with E-state index in [0.29, 0.717) is 11.0 Å². The van der Waals surface area contributed by atoms with Gasteiger partial charge in [-0.3, -0.25) is 14.9 Å². The molecule has 20 heavy (non-hydrogen) atoms. The Morgan fingerprint density at radius 3 is 2.35 bits per heavy atom. The number of amides is 1. The summed E-state index contributed by atoms with van der Waals surface area (Å²) >= 11 is 0. The Labute approximate surface area is 111 Å². The lowest BCUT2D eigenvalue weighted by atomic mass is 10.1. The van der Waals surface area contributed by atoms with Crippen LogP contribution in [0.3, 0.4) is 0 Å². The van der Waals surface area contributed by atoms with E-state index in [4.69, 9.17) is 5.11 Å². The van der Waals surface area contributed by atoms with Gasteiger partial charge in [0.15, 0.2) is 0 Å². The number of rotatable bonds is 4. The van der Waals surface area contributed by atoms with Gasteiger partial charge < -0.3 is 10.0 Å². The van der Waals surface area contributed by atoms with Crippen LogP contribution in [0, 0.1) is 21.7 Å². The lowest BCUT2D eigenvalue weighted by molar-refractivity contribution is -0.387. The van der Waals surface area contributed by atoms with Crippen LogP contribution in [0.1, 0.15) is 17.3 Å². The molecule has 0 heterocycles. The first kappa shape index (κ1) is 15.5. The molecule has 0 aliphatic rings. The maximum atomic E-state index is 13.6. The van der Waals surface area contributed by atoms with Crippen LogP contribution >= 0.6 is 0 Å². The summed E-state index contributed by atoms with van der Waals surface area (Å²) in [6, 6.07) is -0.608. The Bertz CT molecular complexity index is 590. The number of nitrogens with zero attached hydrogens (tertiary/aromatic N) is 2. The molecule has 0 fully saturated rings. The largest absolute Gasteiger partial charge is 0.480 e. The highest BCUT2D eigenvalue weighted by molar-refractivity contribution is 5.96. The van der Waals surface area contributed by atoms with E-state index >= 15 is 0 Å². The molecule has 0 aliphatic heterocycles. The zero-order valence-electron chi connectivity index (χ0n) is 10.5. The van der Waals surface area contributed by atoms with Crippen molar-refractivity contribution in [3.63, 3.8) is 0 Å². The maximum Gasteiger partial charge on any atom is 0.326 e. The number of carbonyl (C=O) groups excluding carboxylic acids is 1. The third-order valence-electron chi connectivity index (χ3n) is 2.72. The molecule has 1 rings (SSSR count). The van der Waals surface area contributed by atoms with Gasteiger partial charge >= 0.3 is 11.7 Å². The summed E-state index contributed by atoms with van der Waals surface area (Å²) in [7, 11) is 1.10. The average Bonchev–Trinajstić information content (AvgIpc) is 2.37. The van der Waals surface area contributed by atoms with Gasteiger partial charge in [-0.05, 0) is 13.0 Å². The second-order valence-electron chi connectivity index (χ2n) is 3.97. The van der Waals surface area contributed by atoms with Crippen molar-refractivity contribution in [2.75, 3.05) is 7.05 Å². The van der Waals surface area contributed by atoms with Crippen LogP contribution in [0.25, 0.3) is 0 Å². The minimum atomic E-state index is -1.38.